The lowest BCUT2D eigenvalue weighted by molar-refractivity contribution is 0.102. The van der Waals surface area contributed by atoms with Crippen LogP contribution < -0.4 is 10.6 Å². The average Bonchev–Trinajstić information content (AvgIpc) is 2.63. The summed E-state index contributed by atoms with van der Waals surface area (Å²) in [5, 5.41) is 6.50. The lowest BCUT2D eigenvalue weighted by Gasteiger charge is -2.22. The van der Waals surface area contributed by atoms with Crippen molar-refractivity contribution in [3.8, 4) is 0 Å². The lowest BCUT2D eigenvalue weighted by atomic mass is 10.1. The fourth-order valence-electron chi connectivity index (χ4n) is 2.57. The van der Waals surface area contributed by atoms with Crippen LogP contribution in [0.25, 0.3) is 0 Å². The quantitative estimate of drug-likeness (QED) is 0.884. The van der Waals surface area contributed by atoms with E-state index in [-0.39, 0.29) is 5.91 Å². The zero-order valence-corrected chi connectivity index (χ0v) is 13.8. The van der Waals surface area contributed by atoms with E-state index in [2.05, 4.69) is 27.8 Å². The standard InChI is InChI=1S/C18H21N3OS/c22-18(15-3-1-9-19-12-15)21-16-7-5-14(6-8-16)11-20-17-4-2-10-23-13-17/h1,3,5-9,12,17,20H,2,4,10-11,13H2,(H,21,22). The first-order chi connectivity index (χ1) is 11.3. The zero-order chi connectivity index (χ0) is 15.9. The molecule has 3 rings (SSSR count). The Morgan fingerprint density at radius 3 is 2.83 bits per heavy atom. The Kier molecular flexibility index (Phi) is 5.66. The van der Waals surface area contributed by atoms with E-state index < -0.39 is 0 Å². The Balaban J connectivity index is 1.51. The third-order valence-corrected chi connectivity index (χ3v) is 5.11. The summed E-state index contributed by atoms with van der Waals surface area (Å²) in [7, 11) is 0. The first kappa shape index (κ1) is 16.0. The number of amides is 1. The van der Waals surface area contributed by atoms with Gasteiger partial charge in [0.25, 0.3) is 5.91 Å². The van der Waals surface area contributed by atoms with Crippen molar-refractivity contribution in [2.75, 3.05) is 16.8 Å². The van der Waals surface area contributed by atoms with E-state index in [9.17, 15) is 4.79 Å². The Morgan fingerprint density at radius 1 is 1.26 bits per heavy atom. The predicted molar refractivity (Wildman–Crippen MR) is 95.8 cm³/mol. The third-order valence-electron chi connectivity index (χ3n) is 3.89. The van der Waals surface area contributed by atoms with E-state index in [1.54, 1.807) is 24.5 Å². The van der Waals surface area contributed by atoms with Crippen molar-refractivity contribution in [3.05, 3.63) is 59.9 Å². The summed E-state index contributed by atoms with van der Waals surface area (Å²) < 4.78 is 0. The molecule has 2 aromatic rings. The van der Waals surface area contributed by atoms with Gasteiger partial charge in [-0.25, -0.2) is 0 Å². The number of hydrogen-bond donors (Lipinski definition) is 2. The van der Waals surface area contributed by atoms with E-state index in [4.69, 9.17) is 0 Å². The number of aromatic nitrogens is 1. The Bertz CT molecular complexity index is 624. The van der Waals surface area contributed by atoms with Gasteiger partial charge in [0.05, 0.1) is 5.56 Å². The molecule has 1 unspecified atom stereocenters. The molecule has 1 saturated heterocycles. The SMILES string of the molecule is O=C(Nc1ccc(CNC2CCCSC2)cc1)c1cccnc1. The number of carbonyl (C=O) groups is 1. The highest BCUT2D eigenvalue weighted by Gasteiger charge is 2.12. The number of nitrogens with one attached hydrogen (secondary N) is 2. The Hall–Kier alpha value is -1.85. The molecule has 1 atom stereocenters. The maximum Gasteiger partial charge on any atom is 0.257 e. The topological polar surface area (TPSA) is 54.0 Å². The normalized spacial score (nSPS) is 17.7. The van der Waals surface area contributed by atoms with Gasteiger partial charge < -0.3 is 10.6 Å². The van der Waals surface area contributed by atoms with Gasteiger partial charge in [-0.2, -0.15) is 11.8 Å². The maximum absolute atomic E-state index is 12.1. The number of rotatable bonds is 5. The molecule has 2 heterocycles. The first-order valence-corrected chi connectivity index (χ1v) is 9.08. The van der Waals surface area contributed by atoms with E-state index in [1.807, 2.05) is 23.9 Å². The van der Waals surface area contributed by atoms with E-state index >= 15 is 0 Å². The summed E-state index contributed by atoms with van der Waals surface area (Å²) in [6.07, 6.45) is 5.80. The van der Waals surface area contributed by atoms with Crippen molar-refractivity contribution >= 4 is 23.4 Å². The van der Waals surface area contributed by atoms with Crippen LogP contribution in [0.4, 0.5) is 5.69 Å². The minimum Gasteiger partial charge on any atom is -0.322 e. The molecule has 1 aliphatic heterocycles. The molecule has 0 bridgehead atoms. The second kappa shape index (κ2) is 8.13. The molecular formula is C18H21N3OS. The summed E-state index contributed by atoms with van der Waals surface area (Å²) in [6.45, 7) is 0.877. The van der Waals surface area contributed by atoms with Crippen LogP contribution in [0.1, 0.15) is 28.8 Å². The van der Waals surface area contributed by atoms with Crippen LogP contribution in [0, 0.1) is 0 Å². The zero-order valence-electron chi connectivity index (χ0n) is 13.0. The molecule has 1 aromatic heterocycles. The van der Waals surface area contributed by atoms with E-state index in [0.717, 1.165) is 12.2 Å². The number of anilines is 1. The van der Waals surface area contributed by atoms with Crippen LogP contribution in [0.5, 0.6) is 0 Å². The van der Waals surface area contributed by atoms with Crippen LogP contribution in [-0.2, 0) is 6.54 Å². The summed E-state index contributed by atoms with van der Waals surface area (Å²) in [5.41, 5.74) is 2.60. The summed E-state index contributed by atoms with van der Waals surface area (Å²) in [5.74, 6) is 2.37. The lowest BCUT2D eigenvalue weighted by Crippen LogP contribution is -2.33. The number of carbonyl (C=O) groups excluding carboxylic acids is 1. The minimum atomic E-state index is -0.136. The van der Waals surface area contributed by atoms with Crippen molar-refractivity contribution in [3.63, 3.8) is 0 Å². The summed E-state index contributed by atoms with van der Waals surface area (Å²) in [4.78, 5) is 16.0. The second-order valence-corrected chi connectivity index (χ2v) is 6.84. The van der Waals surface area contributed by atoms with Gasteiger partial charge in [0.2, 0.25) is 0 Å². The highest BCUT2D eigenvalue weighted by atomic mass is 32.2. The van der Waals surface area contributed by atoms with Gasteiger partial charge in [-0.3, -0.25) is 9.78 Å². The predicted octanol–water partition coefficient (Wildman–Crippen LogP) is 3.32. The Labute approximate surface area is 141 Å². The van der Waals surface area contributed by atoms with Crippen LogP contribution in [0.2, 0.25) is 0 Å². The average molecular weight is 327 g/mol. The summed E-state index contributed by atoms with van der Waals surface area (Å²) in [6, 6.07) is 12.1. The largest absolute Gasteiger partial charge is 0.322 e. The molecule has 4 nitrogen and oxygen atoms in total. The van der Waals surface area contributed by atoms with Crippen LogP contribution in [-0.4, -0.2) is 28.4 Å². The third kappa shape index (κ3) is 4.81. The molecule has 1 fully saturated rings. The smallest absolute Gasteiger partial charge is 0.257 e. The molecule has 0 radical (unpaired) electrons. The monoisotopic (exact) mass is 327 g/mol. The number of benzene rings is 1. The number of hydrogen-bond acceptors (Lipinski definition) is 4. The molecule has 23 heavy (non-hydrogen) atoms. The molecule has 120 valence electrons. The number of thioether (sulfide) groups is 1. The van der Waals surface area contributed by atoms with Gasteiger partial charge in [0, 0.05) is 36.4 Å². The fraction of sp³-hybridized carbons (Fsp3) is 0.333. The molecule has 0 saturated carbocycles. The molecule has 1 amide bonds. The van der Waals surface area contributed by atoms with Crippen molar-refractivity contribution in [1.82, 2.24) is 10.3 Å². The molecule has 1 aromatic carbocycles. The van der Waals surface area contributed by atoms with Gasteiger partial charge in [-0.05, 0) is 48.4 Å². The van der Waals surface area contributed by atoms with Crippen LogP contribution in [0.15, 0.2) is 48.8 Å². The molecule has 2 N–H and O–H groups in total. The molecule has 0 aliphatic carbocycles. The number of pyridine rings is 1. The Morgan fingerprint density at radius 2 is 2.13 bits per heavy atom. The highest BCUT2D eigenvalue weighted by Crippen LogP contribution is 2.17. The second-order valence-electron chi connectivity index (χ2n) is 5.69. The van der Waals surface area contributed by atoms with E-state index in [0.29, 0.717) is 11.6 Å². The van der Waals surface area contributed by atoms with Crippen LogP contribution in [0.3, 0.4) is 0 Å². The van der Waals surface area contributed by atoms with Gasteiger partial charge in [0.15, 0.2) is 0 Å². The van der Waals surface area contributed by atoms with Gasteiger partial charge in [-0.15, -0.1) is 0 Å². The van der Waals surface area contributed by atoms with Crippen LogP contribution >= 0.6 is 11.8 Å². The highest BCUT2D eigenvalue weighted by molar-refractivity contribution is 7.99. The fourth-order valence-corrected chi connectivity index (χ4v) is 3.68. The van der Waals surface area contributed by atoms with E-state index in [1.165, 1.54) is 29.9 Å². The van der Waals surface area contributed by atoms with Crippen molar-refractivity contribution in [2.45, 2.75) is 25.4 Å². The maximum atomic E-state index is 12.1. The van der Waals surface area contributed by atoms with Crippen molar-refractivity contribution in [2.24, 2.45) is 0 Å². The molecular weight excluding hydrogens is 306 g/mol. The molecule has 1 aliphatic rings. The first-order valence-electron chi connectivity index (χ1n) is 7.93. The molecule has 0 spiro atoms. The number of nitrogens with zero attached hydrogens (tertiary/aromatic N) is 1. The molecule has 5 heteroatoms. The van der Waals surface area contributed by atoms with Crippen molar-refractivity contribution in [1.29, 1.82) is 0 Å². The minimum absolute atomic E-state index is 0.136. The van der Waals surface area contributed by atoms with Gasteiger partial charge in [-0.1, -0.05) is 12.1 Å². The van der Waals surface area contributed by atoms with Gasteiger partial charge >= 0.3 is 0 Å². The summed E-state index contributed by atoms with van der Waals surface area (Å²) >= 11 is 2.03. The van der Waals surface area contributed by atoms with Crippen molar-refractivity contribution < 1.29 is 4.79 Å². The van der Waals surface area contributed by atoms with Gasteiger partial charge in [0.1, 0.15) is 0 Å².